The normalized spacial score (nSPS) is 15.3. The maximum absolute atomic E-state index is 5.64. The number of aromatic nitrogens is 2. The first kappa shape index (κ1) is 8.40. The van der Waals surface area contributed by atoms with Crippen LogP contribution in [0.15, 0.2) is 0 Å². The first-order valence-electron chi connectivity index (χ1n) is 3.69. The quantitative estimate of drug-likeness (QED) is 0.621. The van der Waals surface area contributed by atoms with Crippen LogP contribution in [0.4, 0.5) is 5.82 Å². The molecule has 0 aromatic carbocycles. The van der Waals surface area contributed by atoms with Crippen LogP contribution in [0.3, 0.4) is 0 Å². The minimum atomic E-state index is 0. The lowest BCUT2D eigenvalue weighted by molar-refractivity contribution is 0.675. The van der Waals surface area contributed by atoms with Crippen LogP contribution in [0.2, 0.25) is 0 Å². The molecule has 0 atom stereocenters. The predicted octanol–water partition coefficient (Wildman–Crippen LogP) is 1.29. The summed E-state index contributed by atoms with van der Waals surface area (Å²) >= 11 is 0. The minimum Gasteiger partial charge on any atom is -0.384 e. The second kappa shape index (κ2) is 3.13. The molecule has 0 saturated carbocycles. The van der Waals surface area contributed by atoms with Crippen molar-refractivity contribution in [3.8, 4) is 0 Å². The van der Waals surface area contributed by atoms with Crippen LogP contribution in [-0.4, -0.2) is 10.2 Å². The molecule has 0 amide bonds. The summed E-state index contributed by atoms with van der Waals surface area (Å²) in [5.74, 6) is 0.773. The highest BCUT2D eigenvalue weighted by Gasteiger charge is 2.14. The molecular formula is C7H12ClN3. The monoisotopic (exact) mass is 173 g/mol. The number of nitrogens with two attached hydrogens (primary N) is 1. The minimum absolute atomic E-state index is 0. The Morgan fingerprint density at radius 1 is 1.27 bits per heavy atom. The van der Waals surface area contributed by atoms with Crippen molar-refractivity contribution in [2.75, 3.05) is 5.73 Å². The van der Waals surface area contributed by atoms with Crippen LogP contribution in [0.25, 0.3) is 0 Å². The van der Waals surface area contributed by atoms with Gasteiger partial charge in [-0.3, -0.25) is 5.10 Å². The average Bonchev–Trinajstić information content (AvgIpc) is 2.34. The smallest absolute Gasteiger partial charge is 0.122 e. The van der Waals surface area contributed by atoms with Gasteiger partial charge in [0.25, 0.3) is 0 Å². The van der Waals surface area contributed by atoms with E-state index in [0.29, 0.717) is 0 Å². The molecule has 0 unspecified atom stereocenters. The largest absolute Gasteiger partial charge is 0.384 e. The number of nitrogen functional groups attached to an aromatic ring is 1. The van der Waals surface area contributed by atoms with Gasteiger partial charge in [-0.25, -0.2) is 0 Å². The van der Waals surface area contributed by atoms with Crippen LogP contribution in [0.5, 0.6) is 0 Å². The van der Waals surface area contributed by atoms with E-state index in [0.717, 1.165) is 18.7 Å². The lowest BCUT2D eigenvalue weighted by Crippen LogP contribution is -2.01. The van der Waals surface area contributed by atoms with Crippen molar-refractivity contribution in [1.82, 2.24) is 10.2 Å². The lowest BCUT2D eigenvalue weighted by Gasteiger charge is -2.08. The Labute approximate surface area is 71.8 Å². The van der Waals surface area contributed by atoms with Crippen molar-refractivity contribution in [1.29, 1.82) is 0 Å². The van der Waals surface area contributed by atoms with Gasteiger partial charge in [0.05, 0.1) is 5.69 Å². The SMILES string of the molecule is Cl.Nc1[nH]nc2c1CCCC2. The molecule has 3 nitrogen and oxygen atoms in total. The molecule has 0 fully saturated rings. The van der Waals surface area contributed by atoms with Crippen LogP contribution in [-0.2, 0) is 12.8 Å². The van der Waals surface area contributed by atoms with E-state index in [1.165, 1.54) is 24.1 Å². The van der Waals surface area contributed by atoms with E-state index in [9.17, 15) is 0 Å². The Kier molecular flexibility index (Phi) is 2.39. The summed E-state index contributed by atoms with van der Waals surface area (Å²) in [6, 6.07) is 0. The number of aryl methyl sites for hydroxylation is 1. The molecule has 0 bridgehead atoms. The first-order chi connectivity index (χ1) is 4.88. The Hall–Kier alpha value is -0.700. The number of hydrogen-bond donors (Lipinski definition) is 2. The fourth-order valence-electron chi connectivity index (χ4n) is 1.50. The van der Waals surface area contributed by atoms with Crippen molar-refractivity contribution >= 4 is 18.2 Å². The second-order valence-electron chi connectivity index (χ2n) is 2.77. The standard InChI is InChI=1S/C7H11N3.ClH/c8-7-5-3-1-2-4-6(5)9-10-7;/h1-4H2,(H3,8,9,10);1H. The predicted molar refractivity (Wildman–Crippen MR) is 46.9 cm³/mol. The number of fused-ring (bicyclic) bond motifs is 1. The van der Waals surface area contributed by atoms with E-state index >= 15 is 0 Å². The van der Waals surface area contributed by atoms with E-state index in [-0.39, 0.29) is 12.4 Å². The van der Waals surface area contributed by atoms with Gasteiger partial charge in [-0.1, -0.05) is 0 Å². The summed E-state index contributed by atoms with van der Waals surface area (Å²) in [4.78, 5) is 0. The van der Waals surface area contributed by atoms with Crippen molar-refractivity contribution < 1.29 is 0 Å². The first-order valence-corrected chi connectivity index (χ1v) is 3.69. The summed E-state index contributed by atoms with van der Waals surface area (Å²) in [7, 11) is 0. The lowest BCUT2D eigenvalue weighted by atomic mass is 9.98. The number of H-pyrrole nitrogens is 1. The number of halogens is 1. The molecule has 1 aliphatic carbocycles. The molecule has 1 aromatic rings. The van der Waals surface area contributed by atoms with Gasteiger partial charge in [0, 0.05) is 5.56 Å². The third kappa shape index (κ3) is 1.33. The van der Waals surface area contributed by atoms with Crippen molar-refractivity contribution in [2.24, 2.45) is 0 Å². The zero-order valence-electron chi connectivity index (χ0n) is 6.26. The fourth-order valence-corrected chi connectivity index (χ4v) is 1.50. The van der Waals surface area contributed by atoms with Gasteiger partial charge >= 0.3 is 0 Å². The number of nitrogens with one attached hydrogen (secondary N) is 1. The van der Waals surface area contributed by atoms with Crippen LogP contribution in [0, 0.1) is 0 Å². The number of aromatic amines is 1. The van der Waals surface area contributed by atoms with Crippen molar-refractivity contribution in [2.45, 2.75) is 25.7 Å². The maximum atomic E-state index is 5.64. The second-order valence-corrected chi connectivity index (χ2v) is 2.77. The van der Waals surface area contributed by atoms with Gasteiger partial charge in [-0.15, -0.1) is 12.4 Å². The molecule has 62 valence electrons. The summed E-state index contributed by atoms with van der Waals surface area (Å²) in [5.41, 5.74) is 8.08. The molecule has 1 heterocycles. The molecule has 0 radical (unpaired) electrons. The van der Waals surface area contributed by atoms with Crippen molar-refractivity contribution in [3.63, 3.8) is 0 Å². The third-order valence-corrected chi connectivity index (χ3v) is 2.08. The summed E-state index contributed by atoms with van der Waals surface area (Å²) in [5, 5.41) is 6.91. The molecular weight excluding hydrogens is 162 g/mol. The molecule has 4 heteroatoms. The number of anilines is 1. The number of rotatable bonds is 0. The van der Waals surface area contributed by atoms with E-state index < -0.39 is 0 Å². The van der Waals surface area contributed by atoms with Gasteiger partial charge in [-0.2, -0.15) is 5.10 Å². The third-order valence-electron chi connectivity index (χ3n) is 2.08. The van der Waals surface area contributed by atoms with E-state index in [1.807, 2.05) is 0 Å². The van der Waals surface area contributed by atoms with Crippen LogP contribution in [0.1, 0.15) is 24.1 Å². The average molecular weight is 174 g/mol. The highest BCUT2D eigenvalue weighted by Crippen LogP contribution is 2.22. The summed E-state index contributed by atoms with van der Waals surface area (Å²) in [6.07, 6.45) is 4.73. The van der Waals surface area contributed by atoms with E-state index in [4.69, 9.17) is 5.73 Å². The van der Waals surface area contributed by atoms with Gasteiger partial charge in [-0.05, 0) is 25.7 Å². The van der Waals surface area contributed by atoms with E-state index in [2.05, 4.69) is 10.2 Å². The molecule has 3 N–H and O–H groups in total. The van der Waals surface area contributed by atoms with Gasteiger partial charge in [0.1, 0.15) is 5.82 Å². The Morgan fingerprint density at radius 3 is 2.73 bits per heavy atom. The zero-order valence-corrected chi connectivity index (χ0v) is 7.08. The molecule has 2 rings (SSSR count). The van der Waals surface area contributed by atoms with Gasteiger partial charge in [0.2, 0.25) is 0 Å². The zero-order chi connectivity index (χ0) is 6.97. The Morgan fingerprint density at radius 2 is 2.00 bits per heavy atom. The summed E-state index contributed by atoms with van der Waals surface area (Å²) in [6.45, 7) is 0. The highest BCUT2D eigenvalue weighted by molar-refractivity contribution is 5.85. The molecule has 1 aromatic heterocycles. The number of nitrogens with zero attached hydrogens (tertiary/aromatic N) is 1. The summed E-state index contributed by atoms with van der Waals surface area (Å²) < 4.78 is 0. The van der Waals surface area contributed by atoms with Crippen LogP contribution >= 0.6 is 12.4 Å². The molecule has 0 saturated heterocycles. The number of hydrogen-bond acceptors (Lipinski definition) is 2. The van der Waals surface area contributed by atoms with Crippen LogP contribution < -0.4 is 5.73 Å². The topological polar surface area (TPSA) is 54.7 Å². The van der Waals surface area contributed by atoms with Gasteiger partial charge in [0.15, 0.2) is 0 Å². The Balaban J connectivity index is 0.000000605. The molecule has 0 spiro atoms. The van der Waals surface area contributed by atoms with E-state index in [1.54, 1.807) is 0 Å². The fraction of sp³-hybridized carbons (Fsp3) is 0.571. The molecule has 11 heavy (non-hydrogen) atoms. The van der Waals surface area contributed by atoms with Gasteiger partial charge < -0.3 is 5.73 Å². The molecule has 1 aliphatic rings. The van der Waals surface area contributed by atoms with Crippen molar-refractivity contribution in [3.05, 3.63) is 11.3 Å². The molecule has 0 aliphatic heterocycles. The highest BCUT2D eigenvalue weighted by atomic mass is 35.5. The Bertz CT molecular complexity index is 244. The maximum Gasteiger partial charge on any atom is 0.122 e.